The summed E-state index contributed by atoms with van der Waals surface area (Å²) in [5.41, 5.74) is -0.215. The molecular formula is C12H22N2O3. The van der Waals surface area contributed by atoms with E-state index < -0.39 is 0 Å². The number of nitrogens with one attached hydrogen (secondary N) is 2. The van der Waals surface area contributed by atoms with Crippen molar-refractivity contribution in [3.05, 3.63) is 0 Å². The molecule has 0 bridgehead atoms. The van der Waals surface area contributed by atoms with Gasteiger partial charge in [-0.2, -0.15) is 0 Å². The molecule has 1 aliphatic heterocycles. The zero-order valence-electron chi connectivity index (χ0n) is 11.0. The summed E-state index contributed by atoms with van der Waals surface area (Å²) in [4.78, 5) is 22.5. The van der Waals surface area contributed by atoms with Gasteiger partial charge in [-0.25, -0.2) is 0 Å². The van der Waals surface area contributed by atoms with E-state index in [1.807, 2.05) is 20.8 Å². The molecule has 0 aliphatic carbocycles. The van der Waals surface area contributed by atoms with Crippen molar-refractivity contribution in [2.45, 2.75) is 57.7 Å². The van der Waals surface area contributed by atoms with Gasteiger partial charge in [-0.15, -0.1) is 0 Å². The molecular weight excluding hydrogens is 220 g/mol. The van der Waals surface area contributed by atoms with Gasteiger partial charge in [0.2, 0.25) is 11.8 Å². The summed E-state index contributed by atoms with van der Waals surface area (Å²) >= 11 is 0. The Morgan fingerprint density at radius 1 is 1.53 bits per heavy atom. The van der Waals surface area contributed by atoms with Crippen molar-refractivity contribution in [1.82, 2.24) is 10.6 Å². The van der Waals surface area contributed by atoms with Crippen molar-refractivity contribution in [1.29, 1.82) is 0 Å². The van der Waals surface area contributed by atoms with Gasteiger partial charge in [0.25, 0.3) is 0 Å². The highest BCUT2D eigenvalue weighted by molar-refractivity contribution is 6.00. The Kier molecular flexibility index (Phi) is 4.65. The number of piperidine rings is 1. The summed E-state index contributed by atoms with van der Waals surface area (Å²) in [6, 6.07) is -0.107. The first kappa shape index (κ1) is 14.1. The van der Waals surface area contributed by atoms with Crippen molar-refractivity contribution < 1.29 is 14.3 Å². The standard InChI is InChI=1S/C12H22N2O3/c1-8(7-12(2,3)17-4)13-9-5-6-10(15)14-11(9)16/h8-9,13H,5-7H2,1-4H3,(H,14,15,16). The number of hydrogen-bond acceptors (Lipinski definition) is 4. The first-order valence-electron chi connectivity index (χ1n) is 5.99. The Morgan fingerprint density at radius 2 is 2.18 bits per heavy atom. The van der Waals surface area contributed by atoms with Crippen LogP contribution in [0.3, 0.4) is 0 Å². The predicted molar refractivity (Wildman–Crippen MR) is 64.5 cm³/mol. The van der Waals surface area contributed by atoms with Crippen LogP contribution in [0.5, 0.6) is 0 Å². The lowest BCUT2D eigenvalue weighted by atomic mass is 9.98. The lowest BCUT2D eigenvalue weighted by Gasteiger charge is -2.30. The molecule has 0 aromatic rings. The Bertz CT molecular complexity index is 302. The minimum Gasteiger partial charge on any atom is -0.379 e. The molecule has 17 heavy (non-hydrogen) atoms. The molecule has 1 rings (SSSR count). The summed E-state index contributed by atoms with van der Waals surface area (Å²) in [7, 11) is 1.68. The SMILES string of the molecule is COC(C)(C)CC(C)NC1CCC(=O)NC1=O. The number of ether oxygens (including phenoxy) is 1. The number of carbonyl (C=O) groups excluding carboxylic acids is 2. The molecule has 2 N–H and O–H groups in total. The summed E-state index contributed by atoms with van der Waals surface area (Å²) in [5.74, 6) is -0.402. The number of methoxy groups -OCH3 is 1. The second-order valence-electron chi connectivity index (χ2n) is 5.24. The second-order valence-corrected chi connectivity index (χ2v) is 5.24. The van der Waals surface area contributed by atoms with Crippen LogP contribution in [0.4, 0.5) is 0 Å². The van der Waals surface area contributed by atoms with Crippen LogP contribution >= 0.6 is 0 Å². The lowest BCUT2D eigenvalue weighted by molar-refractivity contribution is -0.135. The zero-order chi connectivity index (χ0) is 13.1. The van der Waals surface area contributed by atoms with Gasteiger partial charge in [-0.3, -0.25) is 14.9 Å². The number of amides is 2. The molecule has 5 nitrogen and oxygen atoms in total. The van der Waals surface area contributed by atoms with Crippen LogP contribution in [-0.4, -0.2) is 36.6 Å². The summed E-state index contributed by atoms with van der Waals surface area (Å²) in [6.07, 6.45) is 1.79. The summed E-state index contributed by atoms with van der Waals surface area (Å²) in [6.45, 7) is 6.04. The third kappa shape index (κ3) is 4.44. The van der Waals surface area contributed by atoms with Crippen LogP contribution in [0.25, 0.3) is 0 Å². The molecule has 98 valence electrons. The van der Waals surface area contributed by atoms with Crippen molar-refractivity contribution >= 4 is 11.8 Å². The minimum atomic E-state index is -0.268. The molecule has 0 saturated carbocycles. The molecule has 2 unspecified atom stereocenters. The van der Waals surface area contributed by atoms with Gasteiger partial charge in [0.1, 0.15) is 0 Å². The van der Waals surface area contributed by atoms with Gasteiger partial charge in [-0.05, 0) is 33.6 Å². The van der Waals surface area contributed by atoms with Crippen molar-refractivity contribution in [3.63, 3.8) is 0 Å². The smallest absolute Gasteiger partial charge is 0.243 e. The molecule has 0 spiro atoms. The van der Waals surface area contributed by atoms with Crippen LogP contribution < -0.4 is 10.6 Å². The van der Waals surface area contributed by atoms with Crippen molar-refractivity contribution in [2.24, 2.45) is 0 Å². The topological polar surface area (TPSA) is 67.4 Å². The normalized spacial score (nSPS) is 23.4. The monoisotopic (exact) mass is 242 g/mol. The number of rotatable bonds is 5. The Hall–Kier alpha value is -0.940. The van der Waals surface area contributed by atoms with E-state index in [1.165, 1.54) is 0 Å². The quantitative estimate of drug-likeness (QED) is 0.692. The average Bonchev–Trinajstić information content (AvgIpc) is 2.21. The lowest BCUT2D eigenvalue weighted by Crippen LogP contribution is -2.53. The molecule has 1 fully saturated rings. The summed E-state index contributed by atoms with van der Waals surface area (Å²) < 4.78 is 5.35. The van der Waals surface area contributed by atoms with E-state index in [4.69, 9.17) is 4.74 Å². The van der Waals surface area contributed by atoms with Crippen LogP contribution in [0, 0.1) is 0 Å². The van der Waals surface area contributed by atoms with Crippen molar-refractivity contribution in [3.8, 4) is 0 Å². The van der Waals surface area contributed by atoms with Gasteiger partial charge < -0.3 is 10.1 Å². The highest BCUT2D eigenvalue weighted by Gasteiger charge is 2.29. The van der Waals surface area contributed by atoms with Crippen LogP contribution in [0.1, 0.15) is 40.0 Å². The second kappa shape index (κ2) is 5.60. The van der Waals surface area contributed by atoms with E-state index >= 15 is 0 Å². The predicted octanol–water partition coefficient (Wildman–Crippen LogP) is 0.585. The third-order valence-corrected chi connectivity index (χ3v) is 3.08. The third-order valence-electron chi connectivity index (χ3n) is 3.08. The van der Waals surface area contributed by atoms with E-state index in [2.05, 4.69) is 10.6 Å². The number of imide groups is 1. The molecule has 2 amide bonds. The first-order valence-corrected chi connectivity index (χ1v) is 5.99. The van der Waals surface area contributed by atoms with Gasteiger partial charge in [0.15, 0.2) is 0 Å². The molecule has 0 aromatic carbocycles. The first-order chi connectivity index (χ1) is 7.84. The molecule has 1 saturated heterocycles. The maximum Gasteiger partial charge on any atom is 0.243 e. The maximum absolute atomic E-state index is 11.5. The fourth-order valence-electron chi connectivity index (χ4n) is 2.08. The van der Waals surface area contributed by atoms with E-state index in [1.54, 1.807) is 7.11 Å². The van der Waals surface area contributed by atoms with Gasteiger partial charge in [0.05, 0.1) is 11.6 Å². The van der Waals surface area contributed by atoms with Gasteiger partial charge in [-0.1, -0.05) is 0 Å². The maximum atomic E-state index is 11.5. The molecule has 0 aromatic heterocycles. The van der Waals surface area contributed by atoms with Crippen molar-refractivity contribution in [2.75, 3.05) is 7.11 Å². The van der Waals surface area contributed by atoms with Crippen LogP contribution in [0.2, 0.25) is 0 Å². The van der Waals surface area contributed by atoms with E-state index in [0.29, 0.717) is 12.8 Å². The Morgan fingerprint density at radius 3 is 2.71 bits per heavy atom. The minimum absolute atomic E-state index is 0.161. The molecule has 2 atom stereocenters. The zero-order valence-corrected chi connectivity index (χ0v) is 11.0. The van der Waals surface area contributed by atoms with Gasteiger partial charge >= 0.3 is 0 Å². The molecule has 1 aliphatic rings. The fourth-order valence-corrected chi connectivity index (χ4v) is 2.08. The number of hydrogen-bond donors (Lipinski definition) is 2. The average molecular weight is 242 g/mol. The molecule has 1 heterocycles. The Labute approximate surface area is 102 Å². The van der Waals surface area contributed by atoms with E-state index in [9.17, 15) is 9.59 Å². The van der Waals surface area contributed by atoms with Gasteiger partial charge in [0, 0.05) is 19.6 Å². The van der Waals surface area contributed by atoms with E-state index in [0.717, 1.165) is 6.42 Å². The van der Waals surface area contributed by atoms with Crippen LogP contribution in [0.15, 0.2) is 0 Å². The highest BCUT2D eigenvalue weighted by atomic mass is 16.5. The largest absolute Gasteiger partial charge is 0.379 e. The highest BCUT2D eigenvalue weighted by Crippen LogP contribution is 2.16. The summed E-state index contributed by atoms with van der Waals surface area (Å²) in [5, 5.41) is 5.58. The van der Waals surface area contributed by atoms with E-state index in [-0.39, 0.29) is 29.5 Å². The molecule has 5 heteroatoms. The fraction of sp³-hybridized carbons (Fsp3) is 0.833. The molecule has 0 radical (unpaired) electrons. The number of carbonyl (C=O) groups is 2. The van der Waals surface area contributed by atoms with Crippen LogP contribution in [-0.2, 0) is 14.3 Å². The Balaban J connectivity index is 2.43.